The molecule has 1 aromatic heterocycles. The highest BCUT2D eigenvalue weighted by atomic mass is 35.5. The topological polar surface area (TPSA) is 58.1 Å². The van der Waals surface area contributed by atoms with Crippen LogP contribution in [0.3, 0.4) is 0 Å². The zero-order valence-electron chi connectivity index (χ0n) is 14.9. The van der Waals surface area contributed by atoms with Crippen molar-refractivity contribution >= 4 is 34.8 Å². The smallest absolute Gasteiger partial charge is 0.274 e. The third-order valence-electron chi connectivity index (χ3n) is 4.66. The Morgan fingerprint density at radius 3 is 2.89 bits per heavy atom. The molecule has 6 heteroatoms. The predicted molar refractivity (Wildman–Crippen MR) is 108 cm³/mol. The molecule has 27 heavy (non-hydrogen) atoms. The van der Waals surface area contributed by atoms with Gasteiger partial charge in [-0.3, -0.25) is 4.79 Å². The van der Waals surface area contributed by atoms with Gasteiger partial charge in [0.05, 0.1) is 0 Å². The number of amides is 1. The molecule has 5 nitrogen and oxygen atoms in total. The van der Waals surface area contributed by atoms with Gasteiger partial charge >= 0.3 is 0 Å². The molecule has 0 radical (unpaired) electrons. The largest absolute Gasteiger partial charge is 0.320 e. The highest BCUT2D eigenvalue weighted by Crippen LogP contribution is 2.31. The number of hydrogen-bond acceptors (Lipinski definition) is 4. The second-order valence-corrected chi connectivity index (χ2v) is 6.98. The number of carbonyl (C=O) groups excluding carboxylic acids is 1. The maximum Gasteiger partial charge on any atom is 0.274 e. The molecule has 0 aliphatic carbocycles. The number of halogens is 1. The van der Waals surface area contributed by atoms with E-state index >= 15 is 0 Å². The zero-order valence-corrected chi connectivity index (χ0v) is 15.7. The van der Waals surface area contributed by atoms with E-state index in [-0.39, 0.29) is 5.91 Å². The van der Waals surface area contributed by atoms with Crippen LogP contribution in [0.5, 0.6) is 0 Å². The van der Waals surface area contributed by atoms with E-state index in [4.69, 9.17) is 11.6 Å². The zero-order chi connectivity index (χ0) is 18.8. The molecule has 1 aliphatic rings. The normalized spacial score (nSPS) is 13.2. The molecule has 0 fully saturated rings. The third kappa shape index (κ3) is 3.64. The summed E-state index contributed by atoms with van der Waals surface area (Å²) in [6, 6.07) is 15.2. The Labute approximate surface area is 163 Å². The number of carbonyl (C=O) groups is 1. The van der Waals surface area contributed by atoms with Gasteiger partial charge in [-0.1, -0.05) is 29.8 Å². The van der Waals surface area contributed by atoms with Crippen LogP contribution in [0.4, 0.5) is 17.3 Å². The molecule has 2 aromatic carbocycles. The van der Waals surface area contributed by atoms with Crippen molar-refractivity contribution in [3.63, 3.8) is 0 Å². The van der Waals surface area contributed by atoms with Gasteiger partial charge in [-0.25, -0.2) is 9.97 Å². The number of anilines is 3. The van der Waals surface area contributed by atoms with Crippen LogP contribution in [0, 0.1) is 6.92 Å². The van der Waals surface area contributed by atoms with Crippen molar-refractivity contribution < 1.29 is 4.79 Å². The number of aromatic nitrogens is 2. The van der Waals surface area contributed by atoms with E-state index in [1.807, 2.05) is 25.1 Å². The summed E-state index contributed by atoms with van der Waals surface area (Å²) in [7, 11) is 0. The van der Waals surface area contributed by atoms with Crippen LogP contribution in [0.1, 0.15) is 28.0 Å². The van der Waals surface area contributed by atoms with Crippen molar-refractivity contribution in [3.8, 4) is 0 Å². The number of hydrogen-bond donors (Lipinski definition) is 1. The average Bonchev–Trinajstić information content (AvgIpc) is 2.69. The predicted octanol–water partition coefficient (Wildman–Crippen LogP) is 4.78. The monoisotopic (exact) mass is 378 g/mol. The molecule has 0 unspecified atom stereocenters. The van der Waals surface area contributed by atoms with Gasteiger partial charge in [-0.05, 0) is 61.2 Å². The molecule has 2 heterocycles. The van der Waals surface area contributed by atoms with Gasteiger partial charge in [0, 0.05) is 29.1 Å². The molecule has 1 N–H and O–H groups in total. The number of nitrogens with one attached hydrogen (secondary N) is 1. The third-order valence-corrected chi connectivity index (χ3v) is 4.90. The fourth-order valence-electron chi connectivity index (χ4n) is 3.30. The molecule has 0 spiro atoms. The molecule has 0 saturated heterocycles. The molecule has 4 rings (SSSR count). The van der Waals surface area contributed by atoms with Crippen molar-refractivity contribution in [2.75, 3.05) is 16.8 Å². The lowest BCUT2D eigenvalue weighted by molar-refractivity contribution is 0.102. The molecule has 0 atom stereocenters. The van der Waals surface area contributed by atoms with Gasteiger partial charge < -0.3 is 10.2 Å². The van der Waals surface area contributed by atoms with Crippen LogP contribution in [-0.4, -0.2) is 22.4 Å². The van der Waals surface area contributed by atoms with E-state index in [0.717, 1.165) is 30.6 Å². The number of para-hydroxylation sites is 1. The van der Waals surface area contributed by atoms with Gasteiger partial charge in [0.1, 0.15) is 5.69 Å². The standard InChI is InChI=1S/C21H19ClN4O/c1-14-13-16(22)8-9-17(14)24-20(27)18-10-11-23-21(25-18)26-12-4-6-15-5-2-3-7-19(15)26/h2-3,5,7-11,13H,4,6,12H2,1H3,(H,24,27). The summed E-state index contributed by atoms with van der Waals surface area (Å²) in [6.07, 6.45) is 3.70. The van der Waals surface area contributed by atoms with Crippen LogP contribution in [0.25, 0.3) is 0 Å². The Bertz CT molecular complexity index is 1000. The van der Waals surface area contributed by atoms with E-state index in [9.17, 15) is 4.79 Å². The SMILES string of the molecule is Cc1cc(Cl)ccc1NC(=O)c1ccnc(N2CCCc3ccccc32)n1. The maximum absolute atomic E-state index is 12.7. The minimum absolute atomic E-state index is 0.269. The van der Waals surface area contributed by atoms with Crippen LogP contribution in [-0.2, 0) is 6.42 Å². The molecule has 1 aliphatic heterocycles. The summed E-state index contributed by atoms with van der Waals surface area (Å²) in [5.74, 6) is 0.275. The number of nitrogens with zero attached hydrogens (tertiary/aromatic N) is 3. The second-order valence-electron chi connectivity index (χ2n) is 6.54. The van der Waals surface area contributed by atoms with E-state index in [1.54, 1.807) is 24.4 Å². The summed E-state index contributed by atoms with van der Waals surface area (Å²) in [6.45, 7) is 2.73. The Morgan fingerprint density at radius 1 is 1.19 bits per heavy atom. The van der Waals surface area contributed by atoms with Gasteiger partial charge in [0.15, 0.2) is 0 Å². The molecule has 1 amide bonds. The van der Waals surface area contributed by atoms with Gasteiger partial charge in [-0.2, -0.15) is 0 Å². The van der Waals surface area contributed by atoms with Crippen molar-refractivity contribution in [2.45, 2.75) is 19.8 Å². The molecular weight excluding hydrogens is 360 g/mol. The van der Waals surface area contributed by atoms with Crippen molar-refractivity contribution in [2.24, 2.45) is 0 Å². The Balaban J connectivity index is 1.61. The molecular formula is C21H19ClN4O. The van der Waals surface area contributed by atoms with Crippen molar-refractivity contribution in [1.82, 2.24) is 9.97 Å². The van der Waals surface area contributed by atoms with E-state index < -0.39 is 0 Å². The first kappa shape index (κ1) is 17.5. The minimum Gasteiger partial charge on any atom is -0.320 e. The summed E-state index contributed by atoms with van der Waals surface area (Å²) in [5.41, 5.74) is 4.33. The highest BCUT2D eigenvalue weighted by molar-refractivity contribution is 6.30. The fourth-order valence-corrected chi connectivity index (χ4v) is 3.53. The summed E-state index contributed by atoms with van der Waals surface area (Å²) in [5, 5.41) is 3.53. The van der Waals surface area contributed by atoms with Crippen molar-refractivity contribution in [1.29, 1.82) is 0 Å². The number of rotatable bonds is 3. The van der Waals surface area contributed by atoms with Gasteiger partial charge in [0.25, 0.3) is 5.91 Å². The molecule has 136 valence electrons. The lowest BCUT2D eigenvalue weighted by Crippen LogP contribution is -2.27. The quantitative estimate of drug-likeness (QED) is 0.712. The number of fused-ring (bicyclic) bond motifs is 1. The lowest BCUT2D eigenvalue weighted by Gasteiger charge is -2.29. The highest BCUT2D eigenvalue weighted by Gasteiger charge is 2.21. The van der Waals surface area contributed by atoms with Crippen molar-refractivity contribution in [3.05, 3.63) is 76.6 Å². The van der Waals surface area contributed by atoms with E-state index in [0.29, 0.717) is 22.4 Å². The Kier molecular flexibility index (Phi) is 4.77. The van der Waals surface area contributed by atoms with E-state index in [2.05, 4.69) is 32.3 Å². The second kappa shape index (κ2) is 7.37. The van der Waals surface area contributed by atoms with Crippen LogP contribution in [0.2, 0.25) is 5.02 Å². The summed E-state index contributed by atoms with van der Waals surface area (Å²) in [4.78, 5) is 23.7. The maximum atomic E-state index is 12.7. The van der Waals surface area contributed by atoms with E-state index in [1.165, 1.54) is 5.56 Å². The minimum atomic E-state index is -0.269. The molecule has 0 bridgehead atoms. The Morgan fingerprint density at radius 2 is 2.04 bits per heavy atom. The first-order chi connectivity index (χ1) is 13.1. The van der Waals surface area contributed by atoms with Crippen LogP contribution < -0.4 is 10.2 Å². The Hall–Kier alpha value is -2.92. The first-order valence-corrected chi connectivity index (χ1v) is 9.25. The first-order valence-electron chi connectivity index (χ1n) is 8.88. The summed E-state index contributed by atoms with van der Waals surface area (Å²) < 4.78 is 0. The number of aryl methyl sites for hydroxylation is 2. The average molecular weight is 379 g/mol. The fraction of sp³-hybridized carbons (Fsp3) is 0.190. The lowest BCUT2D eigenvalue weighted by atomic mass is 10.0. The molecule has 0 saturated carbocycles. The molecule has 3 aromatic rings. The number of benzene rings is 2. The summed E-state index contributed by atoms with van der Waals surface area (Å²) >= 11 is 5.98. The van der Waals surface area contributed by atoms with Gasteiger partial charge in [-0.15, -0.1) is 0 Å². The van der Waals surface area contributed by atoms with Crippen LogP contribution in [0.15, 0.2) is 54.7 Å². The van der Waals surface area contributed by atoms with Crippen LogP contribution >= 0.6 is 11.6 Å². The van der Waals surface area contributed by atoms with Gasteiger partial charge in [0.2, 0.25) is 5.95 Å².